The van der Waals surface area contributed by atoms with E-state index in [0.29, 0.717) is 45.1 Å². The lowest BCUT2D eigenvalue weighted by Crippen LogP contribution is -2.27. The van der Waals surface area contributed by atoms with Crippen molar-refractivity contribution in [2.75, 3.05) is 5.32 Å². The normalized spacial score (nSPS) is 11.8. The van der Waals surface area contributed by atoms with E-state index in [-0.39, 0.29) is 11.7 Å². The lowest BCUT2D eigenvalue weighted by Gasteiger charge is -2.17. The monoisotopic (exact) mass is 506 g/mol. The number of H-pyrrole nitrogens is 2. The summed E-state index contributed by atoms with van der Waals surface area (Å²) in [7, 11) is 0. The van der Waals surface area contributed by atoms with E-state index in [0.717, 1.165) is 16.5 Å². The third-order valence-electron chi connectivity index (χ3n) is 6.18. The van der Waals surface area contributed by atoms with Crippen LogP contribution in [0.15, 0.2) is 67.3 Å². The van der Waals surface area contributed by atoms with E-state index in [1.807, 2.05) is 32.9 Å². The first kappa shape index (κ1) is 23.4. The molecule has 9 nitrogen and oxygen atoms in total. The van der Waals surface area contributed by atoms with Gasteiger partial charge in [-0.25, -0.2) is 14.4 Å². The number of hydrogen-bond donors (Lipinski definition) is 3. The fourth-order valence-electron chi connectivity index (χ4n) is 4.12. The Bertz CT molecular complexity index is 1830. The molecule has 0 saturated heterocycles. The van der Waals surface area contributed by atoms with Crippen molar-refractivity contribution in [3.05, 3.63) is 73.1 Å². The molecule has 0 atom stereocenters. The highest BCUT2D eigenvalue weighted by atomic mass is 19.1. The van der Waals surface area contributed by atoms with Crippen LogP contribution in [0.3, 0.4) is 0 Å². The summed E-state index contributed by atoms with van der Waals surface area (Å²) in [6, 6.07) is 12.1. The quantitative estimate of drug-likeness (QED) is 0.280. The minimum Gasteiger partial charge on any atom is -0.336 e. The van der Waals surface area contributed by atoms with E-state index in [2.05, 4.69) is 35.5 Å². The fourth-order valence-corrected chi connectivity index (χ4v) is 4.12. The van der Waals surface area contributed by atoms with E-state index >= 15 is 0 Å². The Morgan fingerprint density at radius 3 is 2.61 bits per heavy atom. The highest BCUT2D eigenvalue weighted by molar-refractivity contribution is 5.97. The third-order valence-corrected chi connectivity index (χ3v) is 6.18. The van der Waals surface area contributed by atoms with Gasteiger partial charge in [-0.2, -0.15) is 5.10 Å². The van der Waals surface area contributed by atoms with E-state index in [1.165, 1.54) is 6.07 Å². The summed E-state index contributed by atoms with van der Waals surface area (Å²) >= 11 is 0. The molecule has 0 unspecified atom stereocenters. The average Bonchev–Trinajstić information content (AvgIpc) is 3.52. The van der Waals surface area contributed by atoms with Gasteiger partial charge >= 0.3 is 0 Å². The van der Waals surface area contributed by atoms with Crippen molar-refractivity contribution in [1.29, 1.82) is 0 Å². The van der Waals surface area contributed by atoms with Gasteiger partial charge in [0.15, 0.2) is 11.5 Å². The van der Waals surface area contributed by atoms with Crippen molar-refractivity contribution in [3.63, 3.8) is 0 Å². The minimum absolute atomic E-state index is 0.101. The molecular weight excluding hydrogens is 483 g/mol. The van der Waals surface area contributed by atoms with Gasteiger partial charge in [-0.05, 0) is 30.3 Å². The molecule has 5 heterocycles. The highest BCUT2D eigenvalue weighted by Gasteiger charge is 2.22. The van der Waals surface area contributed by atoms with Gasteiger partial charge < -0.3 is 10.3 Å². The highest BCUT2D eigenvalue weighted by Crippen LogP contribution is 2.32. The molecule has 5 aromatic heterocycles. The standard InChI is InChI=1S/C28H23FN8O/c1-28(2,3)27(38)33-17-10-15(12-30-14-17)16-11-19-23(36-37-25(19)32-13-16)26-34-21-8-9-31-22(24(21)35-26)18-6-4-5-7-20(18)29/h4-14H,1-3H3,(H,33,38)(H,34,35)(H,32,36,37). The number of aromatic nitrogens is 7. The molecule has 0 aliphatic carbocycles. The SMILES string of the molecule is CC(C)(C)C(=O)Nc1cncc(-c2cnc3[nH]nc(-c4nc5c(-c6ccccc6F)nccc5[nH]4)c3c2)c1. The largest absolute Gasteiger partial charge is 0.336 e. The number of rotatable bonds is 4. The number of carbonyl (C=O) groups is 1. The third kappa shape index (κ3) is 4.15. The van der Waals surface area contributed by atoms with Crippen molar-refractivity contribution in [2.45, 2.75) is 20.8 Å². The van der Waals surface area contributed by atoms with Crippen LogP contribution in [0.5, 0.6) is 0 Å². The maximum Gasteiger partial charge on any atom is 0.229 e. The first-order valence-corrected chi connectivity index (χ1v) is 12.0. The minimum atomic E-state index is -0.531. The second-order valence-corrected chi connectivity index (χ2v) is 9.98. The number of amides is 1. The topological polar surface area (TPSA) is 125 Å². The molecule has 6 aromatic rings. The zero-order valence-electron chi connectivity index (χ0n) is 20.9. The fraction of sp³-hybridized carbons (Fsp3) is 0.143. The maximum atomic E-state index is 14.5. The molecule has 0 aliphatic heterocycles. The molecule has 10 heteroatoms. The number of anilines is 1. The Kier molecular flexibility index (Phi) is 5.45. The van der Waals surface area contributed by atoms with Crippen molar-refractivity contribution in [2.24, 2.45) is 5.41 Å². The number of aromatic amines is 2. The van der Waals surface area contributed by atoms with Crippen LogP contribution in [0, 0.1) is 11.2 Å². The van der Waals surface area contributed by atoms with Gasteiger partial charge in [-0.15, -0.1) is 0 Å². The summed E-state index contributed by atoms with van der Waals surface area (Å²) in [6.07, 6.45) is 6.66. The lowest BCUT2D eigenvalue weighted by molar-refractivity contribution is -0.123. The number of benzene rings is 1. The Labute approximate surface area is 216 Å². The summed E-state index contributed by atoms with van der Waals surface area (Å²) in [5.41, 5.74) is 4.87. The van der Waals surface area contributed by atoms with Crippen LogP contribution in [0.2, 0.25) is 0 Å². The zero-order chi connectivity index (χ0) is 26.4. The van der Waals surface area contributed by atoms with Gasteiger partial charge in [0.2, 0.25) is 5.91 Å². The van der Waals surface area contributed by atoms with Crippen molar-refractivity contribution < 1.29 is 9.18 Å². The number of imidazole rings is 1. The second kappa shape index (κ2) is 8.84. The predicted octanol–water partition coefficient (Wildman–Crippen LogP) is 5.75. The Morgan fingerprint density at radius 2 is 1.79 bits per heavy atom. The molecule has 38 heavy (non-hydrogen) atoms. The molecule has 6 rings (SSSR count). The molecule has 0 spiro atoms. The van der Waals surface area contributed by atoms with Crippen LogP contribution in [0.1, 0.15) is 20.8 Å². The molecular formula is C28H23FN8O. The Hall–Kier alpha value is -4.99. The zero-order valence-corrected chi connectivity index (χ0v) is 20.9. The molecule has 188 valence electrons. The van der Waals surface area contributed by atoms with Crippen LogP contribution in [-0.2, 0) is 4.79 Å². The number of hydrogen-bond acceptors (Lipinski definition) is 6. The van der Waals surface area contributed by atoms with Crippen LogP contribution in [0.25, 0.3) is 56.0 Å². The summed E-state index contributed by atoms with van der Waals surface area (Å²) in [4.78, 5) is 33.7. The van der Waals surface area contributed by atoms with Crippen LogP contribution in [-0.4, -0.2) is 41.0 Å². The number of pyridine rings is 3. The van der Waals surface area contributed by atoms with Gasteiger partial charge in [-0.3, -0.25) is 19.9 Å². The van der Waals surface area contributed by atoms with E-state index in [1.54, 1.807) is 49.1 Å². The average molecular weight is 507 g/mol. The molecule has 1 aromatic carbocycles. The van der Waals surface area contributed by atoms with E-state index in [4.69, 9.17) is 4.98 Å². The molecule has 0 bridgehead atoms. The smallest absolute Gasteiger partial charge is 0.229 e. The number of halogens is 1. The number of nitrogens with zero attached hydrogens (tertiary/aromatic N) is 5. The van der Waals surface area contributed by atoms with Gasteiger partial charge in [0.05, 0.1) is 22.8 Å². The van der Waals surface area contributed by atoms with E-state index < -0.39 is 5.41 Å². The Morgan fingerprint density at radius 1 is 0.974 bits per heavy atom. The number of nitrogens with one attached hydrogen (secondary N) is 3. The van der Waals surface area contributed by atoms with Crippen molar-refractivity contribution in [3.8, 4) is 33.9 Å². The van der Waals surface area contributed by atoms with Gasteiger partial charge in [0, 0.05) is 40.7 Å². The number of carbonyl (C=O) groups excluding carboxylic acids is 1. The molecule has 3 N–H and O–H groups in total. The van der Waals surface area contributed by atoms with Gasteiger partial charge in [0.1, 0.15) is 22.7 Å². The lowest BCUT2D eigenvalue weighted by atomic mass is 9.95. The molecule has 0 fully saturated rings. The maximum absolute atomic E-state index is 14.5. The van der Waals surface area contributed by atoms with Crippen LogP contribution in [0.4, 0.5) is 10.1 Å². The molecule has 1 amide bonds. The van der Waals surface area contributed by atoms with Gasteiger partial charge in [-0.1, -0.05) is 32.9 Å². The summed E-state index contributed by atoms with van der Waals surface area (Å²) in [6.45, 7) is 5.56. The number of fused-ring (bicyclic) bond motifs is 2. The first-order valence-electron chi connectivity index (χ1n) is 12.0. The predicted molar refractivity (Wildman–Crippen MR) is 143 cm³/mol. The second-order valence-electron chi connectivity index (χ2n) is 9.98. The first-order chi connectivity index (χ1) is 18.3. The summed E-state index contributed by atoms with van der Waals surface area (Å²) in [5, 5.41) is 11.1. The van der Waals surface area contributed by atoms with Crippen molar-refractivity contribution >= 4 is 33.7 Å². The molecule has 0 saturated carbocycles. The van der Waals surface area contributed by atoms with Crippen LogP contribution < -0.4 is 5.32 Å². The summed E-state index contributed by atoms with van der Waals surface area (Å²) in [5.74, 6) is 0.0297. The van der Waals surface area contributed by atoms with Gasteiger partial charge in [0.25, 0.3) is 0 Å². The Balaban J connectivity index is 1.41. The molecule has 0 aliphatic rings. The van der Waals surface area contributed by atoms with Crippen molar-refractivity contribution in [1.82, 2.24) is 35.1 Å². The van der Waals surface area contributed by atoms with Crippen LogP contribution >= 0.6 is 0 Å². The van der Waals surface area contributed by atoms with E-state index in [9.17, 15) is 9.18 Å². The summed E-state index contributed by atoms with van der Waals surface area (Å²) < 4.78 is 14.5. The molecule has 0 radical (unpaired) electrons.